The van der Waals surface area contributed by atoms with Crippen LogP contribution in [0.5, 0.6) is 0 Å². The van der Waals surface area contributed by atoms with Crippen LogP contribution in [0.2, 0.25) is 10.0 Å². The Kier molecular flexibility index (Phi) is 5.06. The number of nitrogens with zero attached hydrogens (tertiary/aromatic N) is 2. The third-order valence-corrected chi connectivity index (χ3v) is 4.89. The second kappa shape index (κ2) is 7.21. The average molecular weight is 363 g/mol. The van der Waals surface area contributed by atoms with Crippen molar-refractivity contribution < 1.29 is 0 Å². The van der Waals surface area contributed by atoms with Gasteiger partial charge in [-0.25, -0.2) is 4.79 Å². The molecule has 1 heterocycles. The summed E-state index contributed by atoms with van der Waals surface area (Å²) < 4.78 is 1.54. The predicted molar refractivity (Wildman–Crippen MR) is 95.4 cm³/mol. The molecule has 1 atom stereocenters. The zero-order valence-electron chi connectivity index (χ0n) is 11.9. The maximum atomic E-state index is 12.2. The van der Waals surface area contributed by atoms with Crippen LogP contribution < -0.4 is 5.69 Å². The molecule has 0 saturated carbocycles. The van der Waals surface area contributed by atoms with Crippen molar-refractivity contribution in [3.8, 4) is 0 Å². The van der Waals surface area contributed by atoms with Gasteiger partial charge < -0.3 is 0 Å². The molecule has 23 heavy (non-hydrogen) atoms. The van der Waals surface area contributed by atoms with Crippen LogP contribution in [-0.4, -0.2) is 9.55 Å². The average Bonchev–Trinajstić information content (AvgIpc) is 2.57. The molecule has 0 N–H and O–H groups in total. The summed E-state index contributed by atoms with van der Waals surface area (Å²) in [6, 6.07) is 17.3. The van der Waals surface area contributed by atoms with E-state index in [2.05, 4.69) is 4.98 Å². The molecular formula is C17H12Cl2N2OS. The normalized spacial score (nSPS) is 12.1. The Bertz CT molecular complexity index is 850. The molecular weight excluding hydrogens is 351 g/mol. The molecule has 0 bridgehead atoms. The number of aromatic nitrogens is 2. The Balaban J connectivity index is 2.05. The van der Waals surface area contributed by atoms with Gasteiger partial charge in [0.25, 0.3) is 0 Å². The molecule has 3 rings (SSSR count). The molecule has 0 aliphatic carbocycles. The molecule has 6 heteroatoms. The molecule has 0 spiro atoms. The predicted octanol–water partition coefficient (Wildman–Crippen LogP) is 4.89. The van der Waals surface area contributed by atoms with Crippen LogP contribution in [-0.2, 0) is 0 Å². The number of halogens is 2. The number of benzene rings is 2. The van der Waals surface area contributed by atoms with E-state index in [4.69, 9.17) is 23.2 Å². The van der Waals surface area contributed by atoms with Gasteiger partial charge in [0.05, 0.1) is 11.2 Å². The van der Waals surface area contributed by atoms with E-state index in [-0.39, 0.29) is 11.1 Å². The lowest BCUT2D eigenvalue weighted by molar-refractivity contribution is 0.710. The number of hydrogen-bond acceptors (Lipinski definition) is 3. The summed E-state index contributed by atoms with van der Waals surface area (Å²) in [4.78, 5) is 17.0. The Morgan fingerprint density at radius 3 is 2.35 bits per heavy atom. The van der Waals surface area contributed by atoms with E-state index in [0.717, 1.165) is 10.5 Å². The number of thioether (sulfide) groups is 1. The fourth-order valence-corrected chi connectivity index (χ4v) is 3.51. The van der Waals surface area contributed by atoms with Gasteiger partial charge in [0.15, 0.2) is 0 Å². The summed E-state index contributed by atoms with van der Waals surface area (Å²) in [5.41, 5.74) is 0.642. The van der Waals surface area contributed by atoms with Gasteiger partial charge >= 0.3 is 5.69 Å². The third kappa shape index (κ3) is 3.96. The van der Waals surface area contributed by atoms with Gasteiger partial charge in [-0.15, -0.1) is 0 Å². The summed E-state index contributed by atoms with van der Waals surface area (Å²) in [6.07, 6.45) is 2.97. The van der Waals surface area contributed by atoms with Crippen molar-refractivity contribution in [1.29, 1.82) is 0 Å². The highest BCUT2D eigenvalue weighted by atomic mass is 35.5. The van der Waals surface area contributed by atoms with Crippen LogP contribution in [0.15, 0.2) is 76.7 Å². The zero-order valence-corrected chi connectivity index (χ0v) is 14.2. The number of hydrogen-bond donors (Lipinski definition) is 0. The number of rotatable bonds is 4. The lowest BCUT2D eigenvalue weighted by atomic mass is 10.2. The van der Waals surface area contributed by atoms with E-state index in [1.165, 1.54) is 22.5 Å². The monoisotopic (exact) mass is 362 g/mol. The Hall–Kier alpha value is -1.75. The molecule has 0 saturated heterocycles. The highest BCUT2D eigenvalue weighted by Gasteiger charge is 2.17. The van der Waals surface area contributed by atoms with E-state index >= 15 is 0 Å². The van der Waals surface area contributed by atoms with Gasteiger partial charge in [-0.3, -0.25) is 4.57 Å². The first-order valence-electron chi connectivity index (χ1n) is 6.84. The topological polar surface area (TPSA) is 34.9 Å². The minimum Gasteiger partial charge on any atom is -0.281 e. The molecule has 0 amide bonds. The lowest BCUT2D eigenvalue weighted by Gasteiger charge is -2.19. The molecule has 2 aromatic carbocycles. The molecule has 3 aromatic rings. The maximum absolute atomic E-state index is 12.2. The van der Waals surface area contributed by atoms with Gasteiger partial charge in [0.2, 0.25) is 0 Å². The van der Waals surface area contributed by atoms with Gasteiger partial charge in [0.1, 0.15) is 5.37 Å². The smallest absolute Gasteiger partial charge is 0.281 e. The van der Waals surface area contributed by atoms with E-state index < -0.39 is 0 Å². The summed E-state index contributed by atoms with van der Waals surface area (Å²) >= 11 is 13.5. The van der Waals surface area contributed by atoms with E-state index in [9.17, 15) is 4.79 Å². The highest BCUT2D eigenvalue weighted by Crippen LogP contribution is 2.36. The fourth-order valence-electron chi connectivity index (χ4n) is 2.12. The molecule has 116 valence electrons. The molecule has 0 radical (unpaired) electrons. The minimum atomic E-state index is -0.343. The van der Waals surface area contributed by atoms with E-state index in [0.29, 0.717) is 10.0 Å². The van der Waals surface area contributed by atoms with Crippen molar-refractivity contribution in [1.82, 2.24) is 9.55 Å². The Morgan fingerprint density at radius 2 is 1.65 bits per heavy atom. The molecule has 0 fully saturated rings. The van der Waals surface area contributed by atoms with Crippen molar-refractivity contribution in [2.75, 3.05) is 0 Å². The molecule has 1 aromatic heterocycles. The highest BCUT2D eigenvalue weighted by molar-refractivity contribution is 7.99. The molecule has 1 unspecified atom stereocenters. The van der Waals surface area contributed by atoms with E-state index in [1.807, 2.05) is 54.6 Å². The van der Waals surface area contributed by atoms with Gasteiger partial charge in [-0.2, -0.15) is 4.98 Å². The van der Waals surface area contributed by atoms with Crippen molar-refractivity contribution in [2.45, 2.75) is 10.3 Å². The summed E-state index contributed by atoms with van der Waals surface area (Å²) in [5.74, 6) is 0. The maximum Gasteiger partial charge on any atom is 0.348 e. The van der Waals surface area contributed by atoms with Crippen molar-refractivity contribution in [3.63, 3.8) is 0 Å². The van der Waals surface area contributed by atoms with Crippen molar-refractivity contribution >= 4 is 35.0 Å². The fraction of sp³-hybridized carbons (Fsp3) is 0.0588. The van der Waals surface area contributed by atoms with Crippen LogP contribution >= 0.6 is 35.0 Å². The Labute approximate surface area is 147 Å². The van der Waals surface area contributed by atoms with Gasteiger partial charge in [-0.05, 0) is 29.8 Å². The van der Waals surface area contributed by atoms with Crippen LogP contribution in [0.25, 0.3) is 0 Å². The quantitative estimate of drug-likeness (QED) is 0.619. The third-order valence-electron chi connectivity index (χ3n) is 3.18. The first-order chi connectivity index (χ1) is 11.1. The summed E-state index contributed by atoms with van der Waals surface area (Å²) in [5, 5.41) is 0.825. The van der Waals surface area contributed by atoms with E-state index in [1.54, 1.807) is 6.20 Å². The first-order valence-corrected chi connectivity index (χ1v) is 8.48. The summed E-state index contributed by atoms with van der Waals surface area (Å²) in [6.45, 7) is 0. The standard InChI is InChI=1S/C17H12Cl2N2OS/c18-13-6-8-15(9-7-13)23-16(12-4-2-1-3-5-12)21-11-14(19)10-20-17(21)22/h1-11,16H. The molecule has 0 aliphatic heterocycles. The van der Waals surface area contributed by atoms with Crippen LogP contribution in [0.3, 0.4) is 0 Å². The summed E-state index contributed by atoms with van der Waals surface area (Å²) in [7, 11) is 0. The van der Waals surface area contributed by atoms with Crippen LogP contribution in [0.1, 0.15) is 10.9 Å². The van der Waals surface area contributed by atoms with Crippen molar-refractivity contribution in [2.24, 2.45) is 0 Å². The van der Waals surface area contributed by atoms with Crippen LogP contribution in [0, 0.1) is 0 Å². The van der Waals surface area contributed by atoms with Crippen LogP contribution in [0.4, 0.5) is 0 Å². The minimum absolute atomic E-state index is 0.268. The zero-order chi connectivity index (χ0) is 16.2. The second-order valence-electron chi connectivity index (χ2n) is 4.80. The van der Waals surface area contributed by atoms with Gasteiger partial charge in [0, 0.05) is 16.1 Å². The molecule has 0 aliphatic rings. The first kappa shape index (κ1) is 16.1. The van der Waals surface area contributed by atoms with Crippen molar-refractivity contribution in [3.05, 3.63) is 93.1 Å². The SMILES string of the molecule is O=c1ncc(Cl)cn1C(Sc1ccc(Cl)cc1)c1ccccc1. The Morgan fingerprint density at radius 1 is 0.957 bits per heavy atom. The second-order valence-corrected chi connectivity index (χ2v) is 6.82. The molecule has 3 nitrogen and oxygen atoms in total. The lowest BCUT2D eigenvalue weighted by Crippen LogP contribution is -2.25. The van der Waals surface area contributed by atoms with Gasteiger partial charge in [-0.1, -0.05) is 65.3 Å². The largest absolute Gasteiger partial charge is 0.348 e.